The van der Waals surface area contributed by atoms with Gasteiger partial charge >= 0.3 is 0 Å². The molecule has 0 aliphatic heterocycles. The average Bonchev–Trinajstić information content (AvgIpc) is 2.35. The Labute approximate surface area is 113 Å². The molecule has 94 valence electrons. The van der Waals surface area contributed by atoms with E-state index in [1.54, 1.807) is 19.3 Å². The van der Waals surface area contributed by atoms with Gasteiger partial charge in [0.2, 0.25) is 5.95 Å². The third kappa shape index (κ3) is 2.76. The topological polar surface area (TPSA) is 49.8 Å². The smallest absolute Gasteiger partial charge is 0.224 e. The highest BCUT2D eigenvalue weighted by atomic mass is 79.9. The number of hydrogen-bond donors (Lipinski definition) is 2. The lowest BCUT2D eigenvalue weighted by atomic mass is 10.2. The molecule has 0 aliphatic rings. The van der Waals surface area contributed by atoms with Crippen molar-refractivity contribution in [2.24, 2.45) is 0 Å². The molecular formula is C12H12BrFN4. The van der Waals surface area contributed by atoms with Crippen LogP contribution in [-0.4, -0.2) is 17.0 Å². The number of anilines is 3. The molecule has 0 amide bonds. The normalized spacial score (nSPS) is 10.2. The fourth-order valence-corrected chi connectivity index (χ4v) is 1.76. The Balaban J connectivity index is 2.33. The van der Waals surface area contributed by atoms with Crippen LogP contribution in [-0.2, 0) is 0 Å². The SMILES string of the molecule is CNc1ncc(Br)c(Nc2ccc(F)cc2C)n1. The fourth-order valence-electron chi connectivity index (χ4n) is 1.47. The lowest BCUT2D eigenvalue weighted by molar-refractivity contribution is 0.627. The van der Waals surface area contributed by atoms with E-state index in [2.05, 4.69) is 36.5 Å². The van der Waals surface area contributed by atoms with Gasteiger partial charge in [0.1, 0.15) is 11.6 Å². The maximum absolute atomic E-state index is 13.0. The summed E-state index contributed by atoms with van der Waals surface area (Å²) < 4.78 is 13.8. The molecule has 4 nitrogen and oxygen atoms in total. The Kier molecular flexibility index (Phi) is 3.76. The van der Waals surface area contributed by atoms with Crippen LogP contribution in [0.1, 0.15) is 5.56 Å². The summed E-state index contributed by atoms with van der Waals surface area (Å²) in [6, 6.07) is 4.55. The van der Waals surface area contributed by atoms with Crippen LogP contribution in [0.15, 0.2) is 28.9 Å². The summed E-state index contributed by atoms with van der Waals surface area (Å²) in [5, 5.41) is 6.00. The van der Waals surface area contributed by atoms with Gasteiger partial charge < -0.3 is 10.6 Å². The number of halogens is 2. The third-order valence-corrected chi connectivity index (χ3v) is 2.99. The van der Waals surface area contributed by atoms with Crippen molar-refractivity contribution in [3.05, 3.63) is 40.2 Å². The highest BCUT2D eigenvalue weighted by Gasteiger charge is 2.06. The van der Waals surface area contributed by atoms with Crippen molar-refractivity contribution in [2.75, 3.05) is 17.7 Å². The van der Waals surface area contributed by atoms with Crippen molar-refractivity contribution in [1.82, 2.24) is 9.97 Å². The monoisotopic (exact) mass is 310 g/mol. The van der Waals surface area contributed by atoms with E-state index in [9.17, 15) is 4.39 Å². The van der Waals surface area contributed by atoms with E-state index in [1.165, 1.54) is 12.1 Å². The molecule has 0 aliphatic carbocycles. The first-order valence-electron chi connectivity index (χ1n) is 5.33. The molecule has 1 aromatic heterocycles. The number of rotatable bonds is 3. The molecule has 0 fully saturated rings. The Hall–Kier alpha value is -1.69. The van der Waals surface area contributed by atoms with Crippen molar-refractivity contribution in [3.8, 4) is 0 Å². The molecule has 18 heavy (non-hydrogen) atoms. The van der Waals surface area contributed by atoms with Crippen LogP contribution in [0.3, 0.4) is 0 Å². The maximum atomic E-state index is 13.0. The predicted octanol–water partition coefficient (Wildman–Crippen LogP) is 3.47. The average molecular weight is 311 g/mol. The van der Waals surface area contributed by atoms with Crippen LogP contribution < -0.4 is 10.6 Å². The Morgan fingerprint density at radius 2 is 2.11 bits per heavy atom. The van der Waals surface area contributed by atoms with Crippen LogP contribution in [0.4, 0.5) is 21.8 Å². The van der Waals surface area contributed by atoms with E-state index in [-0.39, 0.29) is 5.82 Å². The van der Waals surface area contributed by atoms with Gasteiger partial charge in [0.25, 0.3) is 0 Å². The first kappa shape index (κ1) is 12.8. The molecule has 1 heterocycles. The zero-order chi connectivity index (χ0) is 13.1. The molecule has 0 radical (unpaired) electrons. The second kappa shape index (κ2) is 5.30. The lowest BCUT2D eigenvalue weighted by Gasteiger charge is -2.11. The molecule has 0 saturated carbocycles. The summed E-state index contributed by atoms with van der Waals surface area (Å²) in [5.74, 6) is 0.889. The minimum Gasteiger partial charge on any atom is -0.357 e. The molecule has 0 atom stereocenters. The quantitative estimate of drug-likeness (QED) is 0.911. The Bertz CT molecular complexity index is 574. The van der Waals surface area contributed by atoms with Gasteiger partial charge in [-0.1, -0.05) is 0 Å². The standard InChI is InChI=1S/C12H12BrFN4/c1-7-5-8(14)3-4-10(7)17-11-9(13)6-16-12(15-2)18-11/h3-6H,1-2H3,(H2,15,16,17,18). The molecule has 0 bridgehead atoms. The molecule has 0 saturated heterocycles. The minimum atomic E-state index is -0.254. The largest absolute Gasteiger partial charge is 0.357 e. The van der Waals surface area contributed by atoms with Crippen molar-refractivity contribution in [3.63, 3.8) is 0 Å². The molecule has 0 spiro atoms. The number of aromatic nitrogens is 2. The molecule has 2 N–H and O–H groups in total. The van der Waals surface area contributed by atoms with Crippen LogP contribution in [0.2, 0.25) is 0 Å². The number of hydrogen-bond acceptors (Lipinski definition) is 4. The number of nitrogens with zero attached hydrogens (tertiary/aromatic N) is 2. The van der Waals surface area contributed by atoms with Gasteiger partial charge in [0, 0.05) is 18.9 Å². The highest BCUT2D eigenvalue weighted by molar-refractivity contribution is 9.10. The van der Waals surface area contributed by atoms with Gasteiger partial charge in [-0.25, -0.2) is 9.37 Å². The fraction of sp³-hybridized carbons (Fsp3) is 0.167. The highest BCUT2D eigenvalue weighted by Crippen LogP contribution is 2.26. The van der Waals surface area contributed by atoms with Crippen LogP contribution in [0, 0.1) is 12.7 Å². The summed E-state index contributed by atoms with van der Waals surface area (Å²) >= 11 is 3.37. The summed E-state index contributed by atoms with van der Waals surface area (Å²) in [4.78, 5) is 8.34. The van der Waals surface area contributed by atoms with E-state index in [4.69, 9.17) is 0 Å². The van der Waals surface area contributed by atoms with E-state index in [0.717, 1.165) is 15.7 Å². The molecule has 0 unspecified atom stereocenters. The van der Waals surface area contributed by atoms with Crippen molar-refractivity contribution in [1.29, 1.82) is 0 Å². The summed E-state index contributed by atoms with van der Waals surface area (Å²) in [5.41, 5.74) is 1.62. The van der Waals surface area contributed by atoms with Gasteiger partial charge in [-0.05, 0) is 46.6 Å². The molecule has 6 heteroatoms. The Morgan fingerprint density at radius 3 is 2.78 bits per heavy atom. The van der Waals surface area contributed by atoms with Gasteiger partial charge in [-0.3, -0.25) is 0 Å². The number of benzene rings is 1. The van der Waals surface area contributed by atoms with Gasteiger partial charge in [0.15, 0.2) is 0 Å². The summed E-state index contributed by atoms with van der Waals surface area (Å²) in [6.45, 7) is 1.83. The minimum absolute atomic E-state index is 0.254. The molecular weight excluding hydrogens is 299 g/mol. The second-order valence-electron chi connectivity index (χ2n) is 3.72. The van der Waals surface area contributed by atoms with Crippen LogP contribution in [0.25, 0.3) is 0 Å². The first-order chi connectivity index (χ1) is 8.60. The summed E-state index contributed by atoms with van der Waals surface area (Å²) in [7, 11) is 1.75. The van der Waals surface area contributed by atoms with E-state index in [0.29, 0.717) is 11.8 Å². The van der Waals surface area contributed by atoms with Crippen LogP contribution >= 0.6 is 15.9 Å². The molecule has 2 rings (SSSR count). The molecule has 2 aromatic rings. The van der Waals surface area contributed by atoms with Crippen molar-refractivity contribution < 1.29 is 4.39 Å². The zero-order valence-electron chi connectivity index (χ0n) is 9.96. The maximum Gasteiger partial charge on any atom is 0.224 e. The lowest BCUT2D eigenvalue weighted by Crippen LogP contribution is -2.02. The van der Waals surface area contributed by atoms with Crippen LogP contribution in [0.5, 0.6) is 0 Å². The zero-order valence-corrected chi connectivity index (χ0v) is 11.5. The van der Waals surface area contributed by atoms with Crippen molar-refractivity contribution >= 4 is 33.4 Å². The van der Waals surface area contributed by atoms with Gasteiger partial charge in [-0.2, -0.15) is 4.98 Å². The second-order valence-corrected chi connectivity index (χ2v) is 4.58. The van der Waals surface area contributed by atoms with E-state index < -0.39 is 0 Å². The van der Waals surface area contributed by atoms with E-state index in [1.807, 2.05) is 6.92 Å². The first-order valence-corrected chi connectivity index (χ1v) is 6.13. The van der Waals surface area contributed by atoms with Crippen molar-refractivity contribution in [2.45, 2.75) is 6.92 Å². The predicted molar refractivity (Wildman–Crippen MR) is 73.7 cm³/mol. The van der Waals surface area contributed by atoms with E-state index >= 15 is 0 Å². The van der Waals surface area contributed by atoms with Gasteiger partial charge in [-0.15, -0.1) is 0 Å². The molecule has 1 aromatic carbocycles. The Morgan fingerprint density at radius 1 is 1.33 bits per heavy atom. The summed E-state index contributed by atoms with van der Waals surface area (Å²) in [6.07, 6.45) is 1.65. The van der Waals surface area contributed by atoms with Gasteiger partial charge in [0.05, 0.1) is 4.47 Å². The third-order valence-electron chi connectivity index (χ3n) is 2.41. The number of aryl methyl sites for hydroxylation is 1. The number of nitrogens with one attached hydrogen (secondary N) is 2.